The molecule has 0 N–H and O–H groups in total. The van der Waals surface area contributed by atoms with Crippen LogP contribution in [0.1, 0.15) is 5.56 Å². The van der Waals surface area contributed by atoms with E-state index in [2.05, 4.69) is 0 Å². The van der Waals surface area contributed by atoms with Crippen molar-refractivity contribution in [3.63, 3.8) is 0 Å². The van der Waals surface area contributed by atoms with Crippen LogP contribution in [0.4, 0.5) is 4.79 Å². The highest BCUT2D eigenvalue weighted by atomic mass is 16.5. The molecule has 1 rings (SSSR count). The minimum Gasteiger partial charge on any atom is -0.445 e. The Kier molecular flexibility index (Phi) is 4.41. The summed E-state index contributed by atoms with van der Waals surface area (Å²) in [7, 11) is 3.31. The zero-order chi connectivity index (χ0) is 11.1. The van der Waals surface area contributed by atoms with Crippen LogP contribution < -0.4 is 0 Å². The van der Waals surface area contributed by atoms with E-state index < -0.39 is 0 Å². The molecule has 1 aromatic rings. The van der Waals surface area contributed by atoms with Gasteiger partial charge < -0.3 is 9.64 Å². The lowest BCUT2D eigenvalue weighted by atomic mass is 10.2. The molecular weight excluding hydrogens is 190 g/mol. The summed E-state index contributed by atoms with van der Waals surface area (Å²) in [6.07, 6.45) is 3.41. The van der Waals surface area contributed by atoms with E-state index in [9.17, 15) is 4.79 Å². The van der Waals surface area contributed by atoms with Crippen molar-refractivity contribution in [3.8, 4) is 0 Å². The Morgan fingerprint density at radius 2 is 2.00 bits per heavy atom. The fourth-order valence-corrected chi connectivity index (χ4v) is 0.997. The topological polar surface area (TPSA) is 29.5 Å². The van der Waals surface area contributed by atoms with Crippen LogP contribution in [0.25, 0.3) is 6.08 Å². The van der Waals surface area contributed by atoms with Gasteiger partial charge in [-0.1, -0.05) is 36.4 Å². The minimum absolute atomic E-state index is 0.298. The highest BCUT2D eigenvalue weighted by Gasteiger charge is 2.01. The molecule has 0 aliphatic carbocycles. The summed E-state index contributed by atoms with van der Waals surface area (Å²) in [5.74, 6) is 0. The van der Waals surface area contributed by atoms with Crippen molar-refractivity contribution in [2.24, 2.45) is 0 Å². The molecule has 0 heterocycles. The molecule has 0 spiro atoms. The first-order chi connectivity index (χ1) is 7.20. The summed E-state index contributed by atoms with van der Waals surface area (Å²) in [6.45, 7) is 0.298. The maximum Gasteiger partial charge on any atom is 0.409 e. The van der Waals surface area contributed by atoms with Gasteiger partial charge in [-0.05, 0) is 11.6 Å². The number of carbonyl (C=O) groups is 1. The number of amides is 1. The van der Waals surface area contributed by atoms with E-state index in [4.69, 9.17) is 4.74 Å². The molecule has 0 fully saturated rings. The Morgan fingerprint density at radius 1 is 1.33 bits per heavy atom. The Hall–Kier alpha value is -1.77. The average molecular weight is 205 g/mol. The van der Waals surface area contributed by atoms with Gasteiger partial charge in [0.1, 0.15) is 6.61 Å². The van der Waals surface area contributed by atoms with E-state index in [0.717, 1.165) is 5.56 Å². The molecule has 0 unspecified atom stereocenters. The fourth-order valence-electron chi connectivity index (χ4n) is 0.997. The molecule has 0 radical (unpaired) electrons. The van der Waals surface area contributed by atoms with Gasteiger partial charge in [0.15, 0.2) is 0 Å². The second kappa shape index (κ2) is 5.86. The second-order valence-electron chi connectivity index (χ2n) is 3.28. The first-order valence-electron chi connectivity index (χ1n) is 4.76. The molecule has 1 amide bonds. The first-order valence-corrected chi connectivity index (χ1v) is 4.76. The standard InChI is InChI=1S/C12H15NO2/c1-13(2)12(14)15-10-6-9-11-7-4-3-5-8-11/h3-9H,10H2,1-2H3/b9-6-. The van der Waals surface area contributed by atoms with E-state index in [1.165, 1.54) is 4.90 Å². The maximum atomic E-state index is 11.0. The third-order valence-corrected chi connectivity index (χ3v) is 1.78. The third-order valence-electron chi connectivity index (χ3n) is 1.78. The van der Waals surface area contributed by atoms with E-state index >= 15 is 0 Å². The normalized spacial score (nSPS) is 10.3. The maximum absolute atomic E-state index is 11.0. The zero-order valence-electron chi connectivity index (χ0n) is 9.01. The number of carbonyl (C=O) groups excluding carboxylic acids is 1. The van der Waals surface area contributed by atoms with Crippen LogP contribution in [-0.4, -0.2) is 31.7 Å². The SMILES string of the molecule is CN(C)C(=O)OC/C=C\c1ccccc1. The van der Waals surface area contributed by atoms with Gasteiger partial charge in [0.05, 0.1) is 0 Å². The molecule has 0 saturated heterocycles. The van der Waals surface area contributed by atoms with E-state index in [0.29, 0.717) is 6.61 Å². The van der Waals surface area contributed by atoms with Crippen LogP contribution in [0.3, 0.4) is 0 Å². The lowest BCUT2D eigenvalue weighted by Crippen LogP contribution is -2.22. The molecule has 0 saturated carbocycles. The van der Waals surface area contributed by atoms with Crippen LogP contribution in [0.5, 0.6) is 0 Å². The summed E-state index contributed by atoms with van der Waals surface area (Å²) >= 11 is 0. The van der Waals surface area contributed by atoms with Gasteiger partial charge in [-0.25, -0.2) is 4.79 Å². The van der Waals surface area contributed by atoms with Gasteiger partial charge in [-0.2, -0.15) is 0 Å². The van der Waals surface area contributed by atoms with Crippen LogP contribution in [-0.2, 0) is 4.74 Å². The summed E-state index contributed by atoms with van der Waals surface area (Å²) in [5.41, 5.74) is 1.10. The molecule has 15 heavy (non-hydrogen) atoms. The predicted molar refractivity (Wildman–Crippen MR) is 60.5 cm³/mol. The molecule has 3 nitrogen and oxygen atoms in total. The molecule has 0 aliphatic heterocycles. The minimum atomic E-state index is -0.326. The molecule has 0 atom stereocenters. The lowest BCUT2D eigenvalue weighted by Gasteiger charge is -2.08. The molecule has 3 heteroatoms. The van der Waals surface area contributed by atoms with E-state index in [-0.39, 0.29) is 6.09 Å². The van der Waals surface area contributed by atoms with Gasteiger partial charge in [0, 0.05) is 14.1 Å². The Balaban J connectivity index is 2.32. The number of hydrogen-bond donors (Lipinski definition) is 0. The number of benzene rings is 1. The van der Waals surface area contributed by atoms with E-state index in [1.54, 1.807) is 14.1 Å². The van der Waals surface area contributed by atoms with Crippen LogP contribution >= 0.6 is 0 Å². The largest absolute Gasteiger partial charge is 0.445 e. The van der Waals surface area contributed by atoms with Gasteiger partial charge >= 0.3 is 6.09 Å². The van der Waals surface area contributed by atoms with Crippen molar-refractivity contribution in [2.45, 2.75) is 0 Å². The van der Waals surface area contributed by atoms with Crippen molar-refractivity contribution in [2.75, 3.05) is 20.7 Å². The first kappa shape index (κ1) is 11.3. The van der Waals surface area contributed by atoms with Crippen molar-refractivity contribution in [1.82, 2.24) is 4.90 Å². The highest BCUT2D eigenvalue weighted by molar-refractivity contribution is 5.67. The van der Waals surface area contributed by atoms with Crippen molar-refractivity contribution in [1.29, 1.82) is 0 Å². The van der Waals surface area contributed by atoms with Gasteiger partial charge in [0.25, 0.3) is 0 Å². The van der Waals surface area contributed by atoms with Crippen molar-refractivity contribution in [3.05, 3.63) is 42.0 Å². The third kappa shape index (κ3) is 4.31. The predicted octanol–water partition coefficient (Wildman–Crippen LogP) is 2.40. The Labute approximate surface area is 90.0 Å². The summed E-state index contributed by atoms with van der Waals surface area (Å²) in [5, 5.41) is 0. The zero-order valence-corrected chi connectivity index (χ0v) is 9.01. The van der Waals surface area contributed by atoms with Gasteiger partial charge in [0.2, 0.25) is 0 Å². The molecule has 0 aromatic heterocycles. The number of rotatable bonds is 3. The van der Waals surface area contributed by atoms with Gasteiger partial charge in [-0.3, -0.25) is 0 Å². The fraction of sp³-hybridized carbons (Fsp3) is 0.250. The number of hydrogen-bond acceptors (Lipinski definition) is 2. The molecule has 1 aromatic carbocycles. The number of nitrogens with zero attached hydrogens (tertiary/aromatic N) is 1. The number of ether oxygens (including phenoxy) is 1. The Morgan fingerprint density at radius 3 is 2.60 bits per heavy atom. The quantitative estimate of drug-likeness (QED) is 0.758. The molecule has 0 bridgehead atoms. The Bertz CT molecular complexity index is 331. The van der Waals surface area contributed by atoms with E-state index in [1.807, 2.05) is 42.5 Å². The summed E-state index contributed by atoms with van der Waals surface area (Å²) < 4.78 is 4.93. The lowest BCUT2D eigenvalue weighted by molar-refractivity contribution is 0.129. The average Bonchev–Trinajstić information content (AvgIpc) is 2.25. The highest BCUT2D eigenvalue weighted by Crippen LogP contribution is 2.00. The monoisotopic (exact) mass is 205 g/mol. The van der Waals surface area contributed by atoms with Gasteiger partial charge in [-0.15, -0.1) is 0 Å². The van der Waals surface area contributed by atoms with Crippen LogP contribution in [0.2, 0.25) is 0 Å². The smallest absolute Gasteiger partial charge is 0.409 e. The molecule has 0 aliphatic rings. The molecule has 80 valence electrons. The molecular formula is C12H15NO2. The van der Waals surface area contributed by atoms with Crippen LogP contribution in [0.15, 0.2) is 36.4 Å². The summed E-state index contributed by atoms with van der Waals surface area (Å²) in [4.78, 5) is 12.4. The van der Waals surface area contributed by atoms with Crippen LogP contribution in [0, 0.1) is 0 Å². The second-order valence-corrected chi connectivity index (χ2v) is 3.28. The summed E-state index contributed by atoms with van der Waals surface area (Å²) in [6, 6.07) is 9.87. The van der Waals surface area contributed by atoms with Crippen molar-refractivity contribution < 1.29 is 9.53 Å². The van der Waals surface area contributed by atoms with Crippen molar-refractivity contribution >= 4 is 12.2 Å².